The van der Waals surface area contributed by atoms with Crippen LogP contribution in [0.1, 0.15) is 19.8 Å². The molecule has 0 heterocycles. The molecule has 1 aromatic rings. The molecule has 0 radical (unpaired) electrons. The molecule has 0 atom stereocenters. The van der Waals surface area contributed by atoms with Crippen LogP contribution < -0.4 is 10.6 Å². The Bertz CT molecular complexity index is 491. The zero-order chi connectivity index (χ0) is 16.2. The minimum Gasteiger partial charge on any atom is -0.357 e. The van der Waals surface area contributed by atoms with Crippen LogP contribution in [-0.4, -0.2) is 43.4 Å². The summed E-state index contributed by atoms with van der Waals surface area (Å²) in [5.74, 6) is 0.621. The van der Waals surface area contributed by atoms with Crippen molar-refractivity contribution in [2.75, 3.05) is 32.0 Å². The summed E-state index contributed by atoms with van der Waals surface area (Å²) in [6, 6.07) is 9.39. The van der Waals surface area contributed by atoms with Crippen molar-refractivity contribution in [2.24, 2.45) is 4.99 Å². The molecule has 0 aliphatic rings. The summed E-state index contributed by atoms with van der Waals surface area (Å²) < 4.78 is 0. The van der Waals surface area contributed by atoms with E-state index in [1.165, 1.54) is 0 Å². The SMILES string of the molecule is C=CCCCN(C)C(=NCC(=O)Nc1ccccc1)NCC.I. The van der Waals surface area contributed by atoms with Crippen LogP contribution in [0.25, 0.3) is 0 Å². The van der Waals surface area contributed by atoms with Gasteiger partial charge in [0.15, 0.2) is 5.96 Å². The number of rotatable bonds is 8. The summed E-state index contributed by atoms with van der Waals surface area (Å²) in [4.78, 5) is 18.3. The van der Waals surface area contributed by atoms with Crippen LogP contribution in [0.5, 0.6) is 0 Å². The van der Waals surface area contributed by atoms with Gasteiger partial charge in [0, 0.05) is 25.8 Å². The molecule has 0 aliphatic carbocycles. The number of allylic oxidation sites excluding steroid dienone is 1. The van der Waals surface area contributed by atoms with Crippen LogP contribution >= 0.6 is 24.0 Å². The number of halogens is 1. The van der Waals surface area contributed by atoms with E-state index < -0.39 is 0 Å². The number of hydrogen-bond donors (Lipinski definition) is 2. The monoisotopic (exact) mass is 430 g/mol. The third kappa shape index (κ3) is 9.22. The van der Waals surface area contributed by atoms with Crippen LogP contribution in [0.2, 0.25) is 0 Å². The van der Waals surface area contributed by atoms with E-state index in [0.29, 0.717) is 0 Å². The standard InChI is InChI=1S/C17H26N4O.HI/c1-4-6-10-13-21(3)17(18-5-2)19-14-16(22)20-15-11-8-7-9-12-15;/h4,7-9,11-12H,1,5-6,10,13-14H2,2-3H3,(H,18,19)(H,20,22);1H. The maximum absolute atomic E-state index is 11.9. The Morgan fingerprint density at radius 2 is 2.04 bits per heavy atom. The summed E-state index contributed by atoms with van der Waals surface area (Å²) in [5, 5.41) is 6.02. The molecule has 6 heteroatoms. The van der Waals surface area contributed by atoms with Crippen molar-refractivity contribution in [1.29, 1.82) is 0 Å². The van der Waals surface area contributed by atoms with Crippen LogP contribution in [0.3, 0.4) is 0 Å². The molecule has 0 saturated carbocycles. The van der Waals surface area contributed by atoms with Gasteiger partial charge in [0.1, 0.15) is 6.54 Å². The second kappa shape index (κ2) is 12.9. The van der Waals surface area contributed by atoms with Gasteiger partial charge in [-0.15, -0.1) is 30.6 Å². The molecule has 1 aromatic carbocycles. The first kappa shape index (κ1) is 21.4. The number of nitrogens with one attached hydrogen (secondary N) is 2. The Balaban J connectivity index is 0.00000484. The lowest BCUT2D eigenvalue weighted by Gasteiger charge is -2.21. The molecule has 0 unspecified atom stereocenters. The van der Waals surface area contributed by atoms with Crippen LogP contribution in [0.4, 0.5) is 5.69 Å². The molecule has 1 amide bonds. The van der Waals surface area contributed by atoms with Gasteiger partial charge in [-0.1, -0.05) is 24.3 Å². The number of benzene rings is 1. The average Bonchev–Trinajstić information content (AvgIpc) is 2.52. The molecule has 0 bridgehead atoms. The second-order valence-corrected chi connectivity index (χ2v) is 4.94. The maximum Gasteiger partial charge on any atom is 0.246 e. The smallest absolute Gasteiger partial charge is 0.246 e. The Morgan fingerprint density at radius 3 is 2.65 bits per heavy atom. The molecule has 2 N–H and O–H groups in total. The summed E-state index contributed by atoms with van der Waals surface area (Å²) in [5.41, 5.74) is 0.784. The Kier molecular flexibility index (Phi) is 12.0. The molecule has 0 aromatic heterocycles. The number of guanidine groups is 1. The van der Waals surface area contributed by atoms with Crippen molar-refractivity contribution in [3.63, 3.8) is 0 Å². The predicted octanol–water partition coefficient (Wildman–Crippen LogP) is 3.11. The highest BCUT2D eigenvalue weighted by Gasteiger charge is 2.07. The van der Waals surface area contributed by atoms with E-state index in [0.717, 1.165) is 37.6 Å². The van der Waals surface area contributed by atoms with Gasteiger partial charge < -0.3 is 15.5 Å². The maximum atomic E-state index is 11.9. The van der Waals surface area contributed by atoms with Gasteiger partial charge in [0.05, 0.1) is 0 Å². The molecular formula is C17H27IN4O. The number of nitrogens with zero attached hydrogens (tertiary/aromatic N) is 2. The lowest BCUT2D eigenvalue weighted by Crippen LogP contribution is -2.40. The van der Waals surface area contributed by atoms with Crippen LogP contribution in [0, 0.1) is 0 Å². The summed E-state index contributed by atoms with van der Waals surface area (Å²) in [6.07, 6.45) is 3.89. The molecule has 23 heavy (non-hydrogen) atoms. The van der Waals surface area contributed by atoms with E-state index in [1.807, 2.05) is 55.3 Å². The van der Waals surface area contributed by atoms with Crippen molar-refractivity contribution < 1.29 is 4.79 Å². The topological polar surface area (TPSA) is 56.7 Å². The number of hydrogen-bond acceptors (Lipinski definition) is 2. The van der Waals surface area contributed by atoms with E-state index >= 15 is 0 Å². The molecule has 0 fully saturated rings. The molecule has 128 valence electrons. The van der Waals surface area contributed by atoms with E-state index in [1.54, 1.807) is 0 Å². The number of unbranched alkanes of at least 4 members (excludes halogenated alkanes) is 1. The minimum atomic E-state index is -0.124. The Hall–Kier alpha value is -1.57. The van der Waals surface area contributed by atoms with Crippen LogP contribution in [0.15, 0.2) is 48.0 Å². The quantitative estimate of drug-likeness (QED) is 0.219. The van der Waals surface area contributed by atoms with Gasteiger partial charge in [-0.25, -0.2) is 4.99 Å². The molecule has 5 nitrogen and oxygen atoms in total. The van der Waals surface area contributed by atoms with Gasteiger partial charge >= 0.3 is 0 Å². The average molecular weight is 430 g/mol. The van der Waals surface area contributed by atoms with Gasteiger partial charge in [0.2, 0.25) is 5.91 Å². The number of carbonyl (C=O) groups is 1. The van der Waals surface area contributed by atoms with Crippen molar-refractivity contribution >= 4 is 41.5 Å². The minimum absolute atomic E-state index is 0. The fraction of sp³-hybridized carbons (Fsp3) is 0.412. The fourth-order valence-corrected chi connectivity index (χ4v) is 1.92. The number of aliphatic imine (C=N–C) groups is 1. The van der Waals surface area contributed by atoms with Crippen molar-refractivity contribution in [1.82, 2.24) is 10.2 Å². The first-order valence-electron chi connectivity index (χ1n) is 7.62. The summed E-state index contributed by atoms with van der Waals surface area (Å²) in [6.45, 7) is 7.47. The zero-order valence-electron chi connectivity index (χ0n) is 13.9. The first-order chi connectivity index (χ1) is 10.7. The molecular weight excluding hydrogens is 403 g/mol. The molecule has 0 saturated heterocycles. The number of para-hydroxylation sites is 1. The van der Waals surface area contributed by atoms with Crippen molar-refractivity contribution in [2.45, 2.75) is 19.8 Å². The predicted molar refractivity (Wildman–Crippen MR) is 109 cm³/mol. The van der Waals surface area contributed by atoms with E-state index in [9.17, 15) is 4.79 Å². The van der Waals surface area contributed by atoms with Crippen molar-refractivity contribution in [3.05, 3.63) is 43.0 Å². The fourth-order valence-electron chi connectivity index (χ4n) is 1.92. The summed E-state index contributed by atoms with van der Waals surface area (Å²) >= 11 is 0. The number of amides is 1. The third-order valence-electron chi connectivity index (χ3n) is 3.03. The zero-order valence-corrected chi connectivity index (χ0v) is 16.2. The molecule has 0 spiro atoms. The highest BCUT2D eigenvalue weighted by Crippen LogP contribution is 2.04. The van der Waals surface area contributed by atoms with Crippen LogP contribution in [-0.2, 0) is 4.79 Å². The van der Waals surface area contributed by atoms with Crippen molar-refractivity contribution in [3.8, 4) is 0 Å². The second-order valence-electron chi connectivity index (χ2n) is 4.94. The lowest BCUT2D eigenvalue weighted by molar-refractivity contribution is -0.114. The molecule has 1 rings (SSSR count). The lowest BCUT2D eigenvalue weighted by atomic mass is 10.3. The Morgan fingerprint density at radius 1 is 1.35 bits per heavy atom. The van der Waals surface area contributed by atoms with Gasteiger partial charge in [0.25, 0.3) is 0 Å². The normalized spacial score (nSPS) is 10.4. The van der Waals surface area contributed by atoms with Gasteiger partial charge in [-0.3, -0.25) is 4.79 Å². The highest BCUT2D eigenvalue weighted by atomic mass is 127. The third-order valence-corrected chi connectivity index (χ3v) is 3.03. The van der Waals surface area contributed by atoms with E-state index in [2.05, 4.69) is 22.2 Å². The Labute approximate surface area is 156 Å². The molecule has 0 aliphatic heterocycles. The largest absolute Gasteiger partial charge is 0.357 e. The summed E-state index contributed by atoms with van der Waals surface area (Å²) in [7, 11) is 1.97. The van der Waals surface area contributed by atoms with E-state index in [4.69, 9.17) is 0 Å². The number of carbonyl (C=O) groups excluding carboxylic acids is 1. The van der Waals surface area contributed by atoms with E-state index in [-0.39, 0.29) is 36.4 Å². The van der Waals surface area contributed by atoms with Gasteiger partial charge in [-0.2, -0.15) is 0 Å². The van der Waals surface area contributed by atoms with Gasteiger partial charge in [-0.05, 0) is 31.9 Å². The highest BCUT2D eigenvalue weighted by molar-refractivity contribution is 14.0. The first-order valence-corrected chi connectivity index (χ1v) is 7.62. The number of anilines is 1.